The Kier molecular flexibility index (Phi) is 3.14. The van der Waals surface area contributed by atoms with Gasteiger partial charge < -0.3 is 10.6 Å². The van der Waals surface area contributed by atoms with Crippen molar-refractivity contribution in [1.29, 1.82) is 0 Å². The average molecular weight is 315 g/mol. The predicted octanol–water partition coefficient (Wildman–Crippen LogP) is 3.16. The first-order valence-corrected chi connectivity index (χ1v) is 7.44. The van der Waals surface area contributed by atoms with E-state index < -0.39 is 11.6 Å². The van der Waals surface area contributed by atoms with Crippen molar-refractivity contribution in [3.8, 4) is 0 Å². The van der Waals surface area contributed by atoms with Crippen LogP contribution in [0.1, 0.15) is 24.4 Å². The molecule has 118 valence electrons. The second kappa shape index (κ2) is 5.19. The van der Waals surface area contributed by atoms with Crippen molar-refractivity contribution in [3.05, 3.63) is 47.7 Å². The largest absolute Gasteiger partial charge is 0.397 e. The summed E-state index contributed by atoms with van der Waals surface area (Å²) in [5.41, 5.74) is 7.32. The Morgan fingerprint density at radius 2 is 2.13 bits per heavy atom. The number of anilines is 2. The number of H-pyrrole nitrogens is 1. The van der Waals surface area contributed by atoms with Crippen LogP contribution in [0.3, 0.4) is 0 Å². The van der Waals surface area contributed by atoms with E-state index in [2.05, 4.69) is 15.2 Å². The predicted molar refractivity (Wildman–Crippen MR) is 84.0 cm³/mol. The summed E-state index contributed by atoms with van der Waals surface area (Å²) in [6, 6.07) is 5.10. The van der Waals surface area contributed by atoms with E-state index in [0.717, 1.165) is 30.8 Å². The molecule has 2 aromatic heterocycles. The summed E-state index contributed by atoms with van der Waals surface area (Å²) in [6.45, 7) is 0.718. The normalized spacial score (nSPS) is 18.0. The Hall–Kier alpha value is -2.70. The Labute approximate surface area is 131 Å². The smallest absolute Gasteiger partial charge is 0.160 e. The van der Waals surface area contributed by atoms with E-state index in [1.54, 1.807) is 12.3 Å². The molecule has 0 radical (unpaired) electrons. The van der Waals surface area contributed by atoms with Crippen molar-refractivity contribution in [2.75, 3.05) is 17.2 Å². The fourth-order valence-electron chi connectivity index (χ4n) is 3.24. The minimum Gasteiger partial charge on any atom is -0.397 e. The van der Waals surface area contributed by atoms with Crippen molar-refractivity contribution in [3.63, 3.8) is 0 Å². The molecule has 3 aromatic rings. The molecule has 0 saturated carbocycles. The lowest BCUT2D eigenvalue weighted by atomic mass is 10.0. The van der Waals surface area contributed by atoms with Crippen LogP contribution in [-0.4, -0.2) is 21.7 Å². The second-order valence-corrected chi connectivity index (χ2v) is 5.73. The van der Waals surface area contributed by atoms with E-state index in [4.69, 9.17) is 5.73 Å². The van der Waals surface area contributed by atoms with Gasteiger partial charge in [0.15, 0.2) is 11.5 Å². The van der Waals surface area contributed by atoms with E-state index in [9.17, 15) is 8.78 Å². The highest BCUT2D eigenvalue weighted by molar-refractivity contribution is 5.89. The third-order valence-corrected chi connectivity index (χ3v) is 4.26. The van der Waals surface area contributed by atoms with Gasteiger partial charge in [0.25, 0.3) is 0 Å². The van der Waals surface area contributed by atoms with Crippen molar-refractivity contribution in [2.45, 2.75) is 18.9 Å². The van der Waals surface area contributed by atoms with E-state index in [1.807, 2.05) is 4.90 Å². The number of rotatable bonds is 2. The van der Waals surface area contributed by atoms with Gasteiger partial charge in [-0.15, -0.1) is 0 Å². The Morgan fingerprint density at radius 3 is 3.00 bits per heavy atom. The number of benzene rings is 1. The molecule has 1 aliphatic rings. The molecule has 4 rings (SSSR count). The molecule has 3 heterocycles. The number of aromatic nitrogens is 3. The topological polar surface area (TPSA) is 70.8 Å². The number of nitrogens with two attached hydrogens (primary N) is 1. The molecule has 1 fully saturated rings. The number of hydrogen-bond donors (Lipinski definition) is 2. The molecule has 0 bridgehead atoms. The molecule has 3 N–H and O–H groups in total. The molecule has 0 unspecified atom stereocenters. The van der Waals surface area contributed by atoms with Gasteiger partial charge in [-0.25, -0.2) is 13.8 Å². The number of nitrogens with one attached hydrogen (secondary N) is 1. The van der Waals surface area contributed by atoms with E-state index in [0.29, 0.717) is 22.7 Å². The van der Waals surface area contributed by atoms with Crippen LogP contribution < -0.4 is 10.6 Å². The average Bonchev–Trinajstić information content (AvgIpc) is 3.15. The van der Waals surface area contributed by atoms with Crippen LogP contribution in [0.5, 0.6) is 0 Å². The molecule has 0 spiro atoms. The minimum atomic E-state index is -0.439. The number of halogens is 2. The van der Waals surface area contributed by atoms with Crippen molar-refractivity contribution in [1.82, 2.24) is 15.2 Å². The van der Waals surface area contributed by atoms with Crippen molar-refractivity contribution >= 4 is 22.5 Å². The van der Waals surface area contributed by atoms with Crippen LogP contribution >= 0.6 is 0 Å². The number of nitrogen functional groups attached to an aromatic ring is 1. The number of aromatic amines is 1. The molecule has 1 aliphatic heterocycles. The molecule has 0 aliphatic carbocycles. The van der Waals surface area contributed by atoms with Gasteiger partial charge >= 0.3 is 0 Å². The van der Waals surface area contributed by atoms with Gasteiger partial charge in [-0.3, -0.25) is 5.10 Å². The van der Waals surface area contributed by atoms with Gasteiger partial charge in [-0.1, -0.05) is 0 Å². The Bertz CT molecular complexity index is 876. The first-order valence-electron chi connectivity index (χ1n) is 7.44. The molecule has 7 heteroatoms. The van der Waals surface area contributed by atoms with Crippen LogP contribution in [-0.2, 0) is 0 Å². The zero-order chi connectivity index (χ0) is 16.0. The number of nitrogens with zero attached hydrogens (tertiary/aromatic N) is 3. The first-order chi connectivity index (χ1) is 11.1. The molecule has 5 nitrogen and oxygen atoms in total. The minimum absolute atomic E-state index is 0.251. The van der Waals surface area contributed by atoms with Crippen LogP contribution in [0.15, 0.2) is 30.5 Å². The fourth-order valence-corrected chi connectivity index (χ4v) is 3.24. The summed E-state index contributed by atoms with van der Waals surface area (Å²) >= 11 is 0. The van der Waals surface area contributed by atoms with Crippen LogP contribution in [0, 0.1) is 11.6 Å². The second-order valence-electron chi connectivity index (χ2n) is 5.73. The molecule has 0 amide bonds. The van der Waals surface area contributed by atoms with Gasteiger partial charge in [-0.05, 0) is 37.1 Å². The first kappa shape index (κ1) is 13.9. The summed E-state index contributed by atoms with van der Waals surface area (Å²) in [7, 11) is 0. The molecule has 1 saturated heterocycles. The lowest BCUT2D eigenvalue weighted by Gasteiger charge is -2.25. The van der Waals surface area contributed by atoms with Gasteiger partial charge in [0.1, 0.15) is 11.6 Å². The molecule has 1 aromatic carbocycles. The highest BCUT2D eigenvalue weighted by atomic mass is 19.1. The molecule has 23 heavy (non-hydrogen) atoms. The zero-order valence-corrected chi connectivity index (χ0v) is 12.3. The molecule has 1 atom stereocenters. The maximum atomic E-state index is 14.2. The van der Waals surface area contributed by atoms with Gasteiger partial charge in [0.2, 0.25) is 0 Å². The summed E-state index contributed by atoms with van der Waals surface area (Å²) < 4.78 is 27.7. The van der Waals surface area contributed by atoms with Gasteiger partial charge in [0.05, 0.1) is 23.3 Å². The maximum Gasteiger partial charge on any atom is 0.160 e. The number of fused-ring (bicyclic) bond motifs is 1. The number of pyridine rings is 1. The third kappa shape index (κ3) is 2.28. The summed E-state index contributed by atoms with van der Waals surface area (Å²) in [6.07, 6.45) is 3.17. The maximum absolute atomic E-state index is 14.2. The Morgan fingerprint density at radius 1 is 1.26 bits per heavy atom. The molecular weight excluding hydrogens is 300 g/mol. The Balaban J connectivity index is 1.80. The van der Waals surface area contributed by atoms with Crippen molar-refractivity contribution < 1.29 is 8.78 Å². The number of hydrogen-bond acceptors (Lipinski definition) is 4. The highest BCUT2D eigenvalue weighted by Gasteiger charge is 2.31. The summed E-state index contributed by atoms with van der Waals surface area (Å²) in [5, 5.41) is 7.96. The summed E-state index contributed by atoms with van der Waals surface area (Å²) in [4.78, 5) is 6.18. The lowest BCUT2D eigenvalue weighted by molar-refractivity contribution is 0.560. The van der Waals surface area contributed by atoms with Crippen molar-refractivity contribution in [2.24, 2.45) is 0 Å². The van der Waals surface area contributed by atoms with E-state index >= 15 is 0 Å². The monoisotopic (exact) mass is 315 g/mol. The zero-order valence-electron chi connectivity index (χ0n) is 12.3. The van der Waals surface area contributed by atoms with Crippen LogP contribution in [0.2, 0.25) is 0 Å². The van der Waals surface area contributed by atoms with Crippen LogP contribution in [0.25, 0.3) is 11.0 Å². The fraction of sp³-hybridized carbons (Fsp3) is 0.250. The van der Waals surface area contributed by atoms with Gasteiger partial charge in [-0.2, -0.15) is 5.10 Å². The lowest BCUT2D eigenvalue weighted by Crippen LogP contribution is -2.24. The van der Waals surface area contributed by atoms with Gasteiger partial charge in [0, 0.05) is 12.1 Å². The van der Waals surface area contributed by atoms with Crippen LogP contribution in [0.4, 0.5) is 20.3 Å². The standard InChI is InChI=1S/C16H15F2N5/c17-9-3-4-13(18)11(6-9)14-2-1-5-23(14)16-12-7-10(19)8-20-15(12)21-22-16/h3-4,6-8,14H,1-2,5,19H2,(H,20,21,22)/t14-/m1/s1. The quantitative estimate of drug-likeness (QED) is 0.762. The van der Waals surface area contributed by atoms with E-state index in [1.165, 1.54) is 12.1 Å². The third-order valence-electron chi connectivity index (χ3n) is 4.26. The summed E-state index contributed by atoms with van der Waals surface area (Å²) in [5.74, 6) is -0.169. The molecular formula is C16H15F2N5. The highest BCUT2D eigenvalue weighted by Crippen LogP contribution is 2.39. The SMILES string of the molecule is Nc1cnc2[nH]nc(N3CCC[C@@H]3c3cc(F)ccc3F)c2c1. The van der Waals surface area contributed by atoms with E-state index in [-0.39, 0.29) is 6.04 Å².